The normalized spacial score (nSPS) is 24.3. The van der Waals surface area contributed by atoms with Crippen molar-refractivity contribution >= 4 is 17.3 Å². The van der Waals surface area contributed by atoms with Crippen LogP contribution in [0.2, 0.25) is 5.02 Å². The first-order valence-corrected chi connectivity index (χ1v) is 7.48. The zero-order chi connectivity index (χ0) is 13.1. The summed E-state index contributed by atoms with van der Waals surface area (Å²) in [6.07, 6.45) is 5.40. The van der Waals surface area contributed by atoms with Crippen LogP contribution in [0.3, 0.4) is 0 Å². The molecule has 18 heavy (non-hydrogen) atoms. The van der Waals surface area contributed by atoms with E-state index < -0.39 is 0 Å². The minimum absolute atomic E-state index is 0.624. The molecule has 0 heterocycles. The third-order valence-electron chi connectivity index (χ3n) is 4.21. The summed E-state index contributed by atoms with van der Waals surface area (Å²) in [5.74, 6) is 1.56. The molecule has 1 N–H and O–H groups in total. The Kier molecular flexibility index (Phi) is 4.55. The van der Waals surface area contributed by atoms with Crippen LogP contribution in [0, 0.1) is 18.8 Å². The molecule has 0 amide bonds. The molecule has 100 valence electrons. The smallest absolute Gasteiger partial charge is 0.0410 e. The molecule has 1 aromatic rings. The van der Waals surface area contributed by atoms with E-state index in [0.717, 1.165) is 16.9 Å². The monoisotopic (exact) mass is 265 g/mol. The van der Waals surface area contributed by atoms with E-state index in [0.29, 0.717) is 6.04 Å². The van der Waals surface area contributed by atoms with E-state index in [9.17, 15) is 0 Å². The van der Waals surface area contributed by atoms with Gasteiger partial charge in [0, 0.05) is 16.8 Å². The molecule has 1 nitrogen and oxygen atoms in total. The number of halogens is 1. The molecule has 1 aliphatic carbocycles. The number of benzene rings is 1. The quantitative estimate of drug-likeness (QED) is 0.785. The van der Waals surface area contributed by atoms with Crippen molar-refractivity contribution in [1.29, 1.82) is 0 Å². The van der Waals surface area contributed by atoms with Crippen LogP contribution in [0.4, 0.5) is 5.69 Å². The van der Waals surface area contributed by atoms with Gasteiger partial charge < -0.3 is 5.32 Å². The highest BCUT2D eigenvalue weighted by Crippen LogP contribution is 2.33. The fourth-order valence-electron chi connectivity index (χ4n) is 3.13. The van der Waals surface area contributed by atoms with E-state index in [1.807, 2.05) is 12.1 Å². The predicted octanol–water partition coefficient (Wildman–Crippen LogP) is 5.28. The first-order chi connectivity index (χ1) is 8.58. The van der Waals surface area contributed by atoms with Crippen LogP contribution in [0.5, 0.6) is 0 Å². The van der Waals surface area contributed by atoms with E-state index >= 15 is 0 Å². The second kappa shape index (κ2) is 5.97. The molecule has 0 aliphatic heterocycles. The number of hydrogen-bond acceptors (Lipinski definition) is 1. The van der Waals surface area contributed by atoms with Crippen molar-refractivity contribution in [3.8, 4) is 0 Å². The molecule has 0 saturated heterocycles. The van der Waals surface area contributed by atoms with Crippen LogP contribution in [0.15, 0.2) is 18.2 Å². The van der Waals surface area contributed by atoms with Crippen molar-refractivity contribution in [2.75, 3.05) is 5.32 Å². The molecule has 0 bridgehead atoms. The minimum Gasteiger partial charge on any atom is -0.382 e. The first-order valence-electron chi connectivity index (χ1n) is 7.10. The Morgan fingerprint density at radius 2 is 1.94 bits per heavy atom. The standard InChI is InChI=1S/C16H24ClN/c1-11(2)14-6-4-5-7-16(14)18-15-9-8-13(17)10-12(15)3/h8-11,14,16,18H,4-7H2,1-3H3. The SMILES string of the molecule is Cc1cc(Cl)ccc1NC1CCCCC1C(C)C. The van der Waals surface area contributed by atoms with Crippen LogP contribution in [0.25, 0.3) is 0 Å². The Balaban J connectivity index is 2.11. The summed E-state index contributed by atoms with van der Waals surface area (Å²) in [5.41, 5.74) is 2.49. The van der Waals surface area contributed by atoms with Crippen LogP contribution in [-0.4, -0.2) is 6.04 Å². The summed E-state index contributed by atoms with van der Waals surface area (Å²) in [5, 5.41) is 4.57. The van der Waals surface area contributed by atoms with Crippen molar-refractivity contribution in [2.24, 2.45) is 11.8 Å². The number of nitrogens with one attached hydrogen (secondary N) is 1. The lowest BCUT2D eigenvalue weighted by atomic mass is 9.77. The molecule has 1 saturated carbocycles. The molecule has 1 aromatic carbocycles. The molecule has 2 unspecified atom stereocenters. The van der Waals surface area contributed by atoms with Gasteiger partial charge in [-0.1, -0.05) is 38.3 Å². The average molecular weight is 266 g/mol. The van der Waals surface area contributed by atoms with Crippen molar-refractivity contribution in [2.45, 2.75) is 52.5 Å². The summed E-state index contributed by atoms with van der Waals surface area (Å²) >= 11 is 6.01. The minimum atomic E-state index is 0.624. The summed E-state index contributed by atoms with van der Waals surface area (Å²) in [6, 6.07) is 6.75. The van der Waals surface area contributed by atoms with Crippen molar-refractivity contribution < 1.29 is 0 Å². The summed E-state index contributed by atoms with van der Waals surface area (Å²) in [7, 11) is 0. The molecule has 0 radical (unpaired) electrons. The fourth-order valence-corrected chi connectivity index (χ4v) is 3.35. The van der Waals surface area contributed by atoms with E-state index in [-0.39, 0.29) is 0 Å². The van der Waals surface area contributed by atoms with Gasteiger partial charge in [0.15, 0.2) is 0 Å². The van der Waals surface area contributed by atoms with Gasteiger partial charge >= 0.3 is 0 Å². The van der Waals surface area contributed by atoms with E-state index in [1.165, 1.54) is 36.9 Å². The van der Waals surface area contributed by atoms with Crippen molar-refractivity contribution in [1.82, 2.24) is 0 Å². The summed E-state index contributed by atoms with van der Waals surface area (Å²) in [6.45, 7) is 6.82. The molecule has 0 spiro atoms. The molecule has 1 fully saturated rings. The van der Waals surface area contributed by atoms with Gasteiger partial charge in [-0.15, -0.1) is 0 Å². The van der Waals surface area contributed by atoms with Gasteiger partial charge in [0.05, 0.1) is 0 Å². The van der Waals surface area contributed by atoms with Gasteiger partial charge in [-0.05, 0) is 55.4 Å². The Hall–Kier alpha value is -0.690. The Bertz CT molecular complexity index is 400. The maximum Gasteiger partial charge on any atom is 0.0410 e. The van der Waals surface area contributed by atoms with Crippen LogP contribution in [0.1, 0.15) is 45.1 Å². The Labute approximate surface area is 116 Å². The van der Waals surface area contributed by atoms with Gasteiger partial charge in [0.25, 0.3) is 0 Å². The van der Waals surface area contributed by atoms with Gasteiger partial charge in [0.2, 0.25) is 0 Å². The highest BCUT2D eigenvalue weighted by Gasteiger charge is 2.27. The van der Waals surface area contributed by atoms with E-state index in [4.69, 9.17) is 11.6 Å². The second-order valence-corrected chi connectivity index (χ2v) is 6.34. The summed E-state index contributed by atoms with van der Waals surface area (Å²) in [4.78, 5) is 0. The lowest BCUT2D eigenvalue weighted by Crippen LogP contribution is -2.35. The number of hydrogen-bond donors (Lipinski definition) is 1. The molecular weight excluding hydrogens is 242 g/mol. The lowest BCUT2D eigenvalue weighted by Gasteiger charge is -2.36. The highest BCUT2D eigenvalue weighted by molar-refractivity contribution is 6.30. The number of aryl methyl sites for hydroxylation is 1. The van der Waals surface area contributed by atoms with Crippen LogP contribution >= 0.6 is 11.6 Å². The van der Waals surface area contributed by atoms with Crippen molar-refractivity contribution in [3.05, 3.63) is 28.8 Å². The molecule has 1 aliphatic rings. The van der Waals surface area contributed by atoms with Gasteiger partial charge in [0.1, 0.15) is 0 Å². The molecule has 2 rings (SSSR count). The van der Waals surface area contributed by atoms with E-state index in [1.54, 1.807) is 0 Å². The third kappa shape index (κ3) is 3.20. The zero-order valence-corrected chi connectivity index (χ0v) is 12.4. The topological polar surface area (TPSA) is 12.0 Å². The van der Waals surface area contributed by atoms with Gasteiger partial charge in [-0.3, -0.25) is 0 Å². The Morgan fingerprint density at radius 3 is 2.61 bits per heavy atom. The first kappa shape index (κ1) is 13.7. The largest absolute Gasteiger partial charge is 0.382 e. The molecule has 0 aromatic heterocycles. The van der Waals surface area contributed by atoms with Crippen LogP contribution < -0.4 is 5.32 Å². The lowest BCUT2D eigenvalue weighted by molar-refractivity contribution is 0.254. The average Bonchev–Trinajstić information content (AvgIpc) is 2.33. The van der Waals surface area contributed by atoms with E-state index in [2.05, 4.69) is 32.2 Å². The van der Waals surface area contributed by atoms with Gasteiger partial charge in [-0.2, -0.15) is 0 Å². The highest BCUT2D eigenvalue weighted by atomic mass is 35.5. The van der Waals surface area contributed by atoms with Gasteiger partial charge in [-0.25, -0.2) is 0 Å². The summed E-state index contributed by atoms with van der Waals surface area (Å²) < 4.78 is 0. The molecule has 2 heteroatoms. The predicted molar refractivity (Wildman–Crippen MR) is 80.4 cm³/mol. The molecular formula is C16H24ClN. The zero-order valence-electron chi connectivity index (χ0n) is 11.7. The third-order valence-corrected chi connectivity index (χ3v) is 4.44. The maximum atomic E-state index is 6.01. The number of anilines is 1. The second-order valence-electron chi connectivity index (χ2n) is 5.90. The number of rotatable bonds is 3. The van der Waals surface area contributed by atoms with Crippen LogP contribution in [-0.2, 0) is 0 Å². The Morgan fingerprint density at radius 1 is 1.22 bits per heavy atom. The fraction of sp³-hybridized carbons (Fsp3) is 0.625. The maximum absolute atomic E-state index is 6.01. The molecule has 2 atom stereocenters. The van der Waals surface area contributed by atoms with Crippen molar-refractivity contribution in [3.63, 3.8) is 0 Å².